The molecule has 17 heavy (non-hydrogen) atoms. The number of carboxylic acids is 1. The number of ether oxygens (including phenoxy) is 1. The van der Waals surface area contributed by atoms with Gasteiger partial charge >= 0.3 is 12.1 Å². The van der Waals surface area contributed by atoms with Crippen molar-refractivity contribution < 1.29 is 19.4 Å². The van der Waals surface area contributed by atoms with E-state index < -0.39 is 12.1 Å². The summed E-state index contributed by atoms with van der Waals surface area (Å²) >= 11 is 0. The highest BCUT2D eigenvalue weighted by atomic mass is 16.5. The van der Waals surface area contributed by atoms with Gasteiger partial charge in [-0.15, -0.1) is 0 Å². The van der Waals surface area contributed by atoms with Crippen LogP contribution in [0, 0.1) is 0 Å². The van der Waals surface area contributed by atoms with Crippen LogP contribution in [0.25, 0.3) is 0 Å². The minimum atomic E-state index is -0.797. The van der Waals surface area contributed by atoms with E-state index in [0.717, 1.165) is 5.56 Å². The molecule has 92 valence electrons. The van der Waals surface area contributed by atoms with Gasteiger partial charge in [-0.25, -0.2) is 4.79 Å². The Kier molecular flexibility index (Phi) is 5.00. The molecule has 0 unspecified atom stereocenters. The van der Waals surface area contributed by atoms with Crippen LogP contribution in [0.2, 0.25) is 0 Å². The predicted molar refractivity (Wildman–Crippen MR) is 63.0 cm³/mol. The Morgan fingerprint density at radius 3 is 2.82 bits per heavy atom. The zero-order valence-electron chi connectivity index (χ0n) is 9.60. The first-order chi connectivity index (χ1) is 8.11. The van der Waals surface area contributed by atoms with Crippen LogP contribution in [0.4, 0.5) is 10.5 Å². The van der Waals surface area contributed by atoms with E-state index in [1.807, 2.05) is 6.07 Å². The maximum Gasteiger partial charge on any atom is 0.411 e. The van der Waals surface area contributed by atoms with E-state index in [4.69, 9.17) is 5.11 Å². The number of aliphatic carboxylic acids is 1. The fourth-order valence-electron chi connectivity index (χ4n) is 1.42. The second-order valence-electron chi connectivity index (χ2n) is 3.56. The molecule has 0 atom stereocenters. The molecular formula is C12H15NO4. The topological polar surface area (TPSA) is 75.6 Å². The van der Waals surface area contributed by atoms with E-state index >= 15 is 0 Å². The molecule has 0 aliphatic carbocycles. The van der Waals surface area contributed by atoms with Gasteiger partial charge < -0.3 is 9.84 Å². The number of nitrogens with one attached hydrogen (secondary N) is 1. The second-order valence-corrected chi connectivity index (χ2v) is 3.56. The van der Waals surface area contributed by atoms with Crippen LogP contribution in [0.1, 0.15) is 18.4 Å². The molecule has 0 saturated heterocycles. The third-order valence-electron chi connectivity index (χ3n) is 2.21. The molecule has 0 bridgehead atoms. The maximum absolute atomic E-state index is 11.0. The average Bonchev–Trinajstić information content (AvgIpc) is 2.29. The monoisotopic (exact) mass is 237 g/mol. The molecule has 1 amide bonds. The van der Waals surface area contributed by atoms with Crippen molar-refractivity contribution in [3.8, 4) is 0 Å². The van der Waals surface area contributed by atoms with Gasteiger partial charge in [-0.05, 0) is 30.5 Å². The Morgan fingerprint density at radius 1 is 1.41 bits per heavy atom. The van der Waals surface area contributed by atoms with Crippen molar-refractivity contribution in [2.75, 3.05) is 12.4 Å². The zero-order valence-corrected chi connectivity index (χ0v) is 9.60. The largest absolute Gasteiger partial charge is 0.481 e. The van der Waals surface area contributed by atoms with E-state index in [1.54, 1.807) is 18.2 Å². The van der Waals surface area contributed by atoms with Gasteiger partial charge in [0.15, 0.2) is 0 Å². The average molecular weight is 237 g/mol. The van der Waals surface area contributed by atoms with Crippen LogP contribution in [0.5, 0.6) is 0 Å². The van der Waals surface area contributed by atoms with Crippen molar-refractivity contribution in [2.24, 2.45) is 0 Å². The molecule has 2 N–H and O–H groups in total. The summed E-state index contributed by atoms with van der Waals surface area (Å²) in [7, 11) is 1.30. The molecule has 0 spiro atoms. The highest BCUT2D eigenvalue weighted by Crippen LogP contribution is 2.13. The molecule has 0 aromatic heterocycles. The Morgan fingerprint density at radius 2 is 2.18 bits per heavy atom. The highest BCUT2D eigenvalue weighted by Gasteiger charge is 2.02. The molecule has 1 aromatic rings. The van der Waals surface area contributed by atoms with E-state index in [2.05, 4.69) is 10.1 Å². The minimum absolute atomic E-state index is 0.147. The lowest BCUT2D eigenvalue weighted by molar-refractivity contribution is -0.137. The molecule has 1 rings (SSSR count). The SMILES string of the molecule is COC(=O)Nc1cccc(CCCC(=O)O)c1. The summed E-state index contributed by atoms with van der Waals surface area (Å²) in [6.45, 7) is 0. The third-order valence-corrected chi connectivity index (χ3v) is 2.21. The van der Waals surface area contributed by atoms with Crippen molar-refractivity contribution in [3.63, 3.8) is 0 Å². The van der Waals surface area contributed by atoms with Gasteiger partial charge in [-0.3, -0.25) is 10.1 Å². The Balaban J connectivity index is 2.53. The fraction of sp³-hybridized carbons (Fsp3) is 0.333. The van der Waals surface area contributed by atoms with Crippen LogP contribution in [-0.4, -0.2) is 24.3 Å². The molecule has 5 heteroatoms. The third kappa shape index (κ3) is 5.01. The summed E-state index contributed by atoms with van der Waals surface area (Å²) in [6.07, 6.45) is 0.877. The molecule has 1 aromatic carbocycles. The van der Waals surface area contributed by atoms with Crippen LogP contribution in [0.3, 0.4) is 0 Å². The van der Waals surface area contributed by atoms with E-state index in [-0.39, 0.29) is 6.42 Å². The second kappa shape index (κ2) is 6.52. The number of benzene rings is 1. The standard InChI is InChI=1S/C12H15NO4/c1-17-12(16)13-10-6-2-4-9(8-10)5-3-7-11(14)15/h2,4,6,8H,3,5,7H2,1H3,(H,13,16)(H,14,15). The van der Waals surface area contributed by atoms with Crippen LogP contribution >= 0.6 is 0 Å². The van der Waals surface area contributed by atoms with Crippen LogP contribution in [-0.2, 0) is 16.0 Å². The molecular weight excluding hydrogens is 222 g/mol. The lowest BCUT2D eigenvalue weighted by atomic mass is 10.1. The summed E-state index contributed by atoms with van der Waals surface area (Å²) in [5.41, 5.74) is 1.63. The van der Waals surface area contributed by atoms with E-state index in [0.29, 0.717) is 18.5 Å². The first-order valence-electron chi connectivity index (χ1n) is 5.27. The lowest BCUT2D eigenvalue weighted by Crippen LogP contribution is -2.10. The van der Waals surface area contributed by atoms with Crippen molar-refractivity contribution in [1.29, 1.82) is 0 Å². The fourth-order valence-corrected chi connectivity index (χ4v) is 1.42. The number of hydrogen-bond donors (Lipinski definition) is 2. The summed E-state index contributed by atoms with van der Waals surface area (Å²) in [4.78, 5) is 21.4. The number of aryl methyl sites for hydroxylation is 1. The van der Waals surface area contributed by atoms with Crippen molar-refractivity contribution in [2.45, 2.75) is 19.3 Å². The van der Waals surface area contributed by atoms with Gasteiger partial charge in [-0.2, -0.15) is 0 Å². The molecule has 0 radical (unpaired) electrons. The van der Waals surface area contributed by atoms with Crippen LogP contribution < -0.4 is 5.32 Å². The molecule has 0 aliphatic heterocycles. The summed E-state index contributed by atoms with van der Waals surface area (Å²) in [6, 6.07) is 7.25. The van der Waals surface area contributed by atoms with Crippen molar-refractivity contribution in [1.82, 2.24) is 0 Å². The van der Waals surface area contributed by atoms with Gasteiger partial charge in [0.1, 0.15) is 0 Å². The normalized spacial score (nSPS) is 9.71. The number of methoxy groups -OCH3 is 1. The quantitative estimate of drug-likeness (QED) is 0.823. The zero-order chi connectivity index (χ0) is 12.7. The number of carboxylic acid groups (broad SMARTS) is 1. The number of anilines is 1. The summed E-state index contributed by atoms with van der Waals surface area (Å²) in [5.74, 6) is -0.797. The van der Waals surface area contributed by atoms with E-state index in [9.17, 15) is 9.59 Å². The maximum atomic E-state index is 11.0. The predicted octanol–water partition coefficient (Wildman–Crippen LogP) is 2.27. The molecule has 0 fully saturated rings. The molecule has 0 aliphatic rings. The van der Waals surface area contributed by atoms with Crippen molar-refractivity contribution in [3.05, 3.63) is 29.8 Å². The Bertz CT molecular complexity index is 403. The van der Waals surface area contributed by atoms with Gasteiger partial charge in [0.25, 0.3) is 0 Å². The van der Waals surface area contributed by atoms with Crippen molar-refractivity contribution >= 4 is 17.7 Å². The Hall–Kier alpha value is -2.04. The summed E-state index contributed by atoms with van der Waals surface area (Å²) < 4.78 is 4.48. The first-order valence-corrected chi connectivity index (χ1v) is 5.27. The minimum Gasteiger partial charge on any atom is -0.481 e. The van der Waals surface area contributed by atoms with Gasteiger partial charge in [0, 0.05) is 12.1 Å². The Labute approximate surface area is 99.4 Å². The smallest absolute Gasteiger partial charge is 0.411 e. The number of carbonyl (C=O) groups excluding carboxylic acids is 1. The molecule has 0 heterocycles. The van der Waals surface area contributed by atoms with Gasteiger partial charge in [0.05, 0.1) is 7.11 Å². The van der Waals surface area contributed by atoms with Gasteiger partial charge in [-0.1, -0.05) is 12.1 Å². The number of rotatable bonds is 5. The van der Waals surface area contributed by atoms with Gasteiger partial charge in [0.2, 0.25) is 0 Å². The first kappa shape index (κ1) is 13.0. The number of hydrogen-bond acceptors (Lipinski definition) is 3. The number of amides is 1. The lowest BCUT2D eigenvalue weighted by Gasteiger charge is -2.05. The number of carbonyl (C=O) groups is 2. The highest BCUT2D eigenvalue weighted by molar-refractivity contribution is 5.84. The van der Waals surface area contributed by atoms with E-state index in [1.165, 1.54) is 7.11 Å². The molecule has 0 saturated carbocycles. The molecule has 5 nitrogen and oxygen atoms in total. The summed E-state index contributed by atoms with van der Waals surface area (Å²) in [5, 5.41) is 11.1. The van der Waals surface area contributed by atoms with Crippen LogP contribution in [0.15, 0.2) is 24.3 Å².